The van der Waals surface area contributed by atoms with Gasteiger partial charge in [0.05, 0.1) is 12.9 Å². The second kappa shape index (κ2) is 11.2. The summed E-state index contributed by atoms with van der Waals surface area (Å²) in [5.41, 5.74) is 0. The van der Waals surface area contributed by atoms with Gasteiger partial charge in [0, 0.05) is 11.1 Å². The Bertz CT molecular complexity index is 169. The Morgan fingerprint density at radius 2 is 2.08 bits per heavy atom. The number of nitrogens with zero attached hydrogens (tertiary/aromatic N) is 2. The molecule has 1 aliphatic heterocycles. The molecule has 1 aliphatic rings. The highest BCUT2D eigenvalue weighted by Crippen LogP contribution is 1.98. The minimum Gasteiger partial charge on any atom is -0.338 e. The summed E-state index contributed by atoms with van der Waals surface area (Å²) in [6.07, 6.45) is 3.57. The Hall–Kier alpha value is -0.770. The smallest absolute Gasteiger partial charge is 0.338 e. The molecule has 5 nitrogen and oxygen atoms in total. The van der Waals surface area contributed by atoms with Gasteiger partial charge in [-0.25, -0.2) is 0 Å². The van der Waals surface area contributed by atoms with Crippen LogP contribution in [0.5, 0.6) is 0 Å². The van der Waals surface area contributed by atoms with Crippen molar-refractivity contribution in [2.75, 3.05) is 13.1 Å². The second-order valence-corrected chi connectivity index (χ2v) is 2.20. The molecular formula is C7H16N2O3P+. The molecule has 0 aromatic carbocycles. The van der Waals surface area contributed by atoms with Crippen LogP contribution >= 0.6 is 8.25 Å². The summed E-state index contributed by atoms with van der Waals surface area (Å²) in [4.78, 5) is 20.2. The fourth-order valence-electron chi connectivity index (χ4n) is 0.532. The molecule has 1 heterocycles. The monoisotopic (exact) mass is 207 g/mol. The van der Waals surface area contributed by atoms with Crippen molar-refractivity contribution in [3.8, 4) is 0 Å². The van der Waals surface area contributed by atoms with Gasteiger partial charge >= 0.3 is 8.25 Å². The average Bonchev–Trinajstić information content (AvgIpc) is 2.58. The summed E-state index contributed by atoms with van der Waals surface area (Å²) in [6.45, 7) is 9.50. The van der Waals surface area contributed by atoms with Gasteiger partial charge < -0.3 is 4.90 Å². The third kappa shape index (κ3) is 14.1. The maximum Gasteiger partial charge on any atom is 0.692 e. The molecule has 0 radical (unpaired) electrons. The maximum absolute atomic E-state index is 8.70. The summed E-state index contributed by atoms with van der Waals surface area (Å²) in [5.74, 6) is 0. The molecule has 0 amide bonds. The molecule has 76 valence electrons. The molecule has 0 unspecified atom stereocenters. The van der Waals surface area contributed by atoms with Gasteiger partial charge in [0.25, 0.3) is 0 Å². The van der Waals surface area contributed by atoms with Crippen molar-refractivity contribution in [2.24, 2.45) is 4.99 Å². The van der Waals surface area contributed by atoms with E-state index in [1.807, 2.05) is 18.7 Å². The first kappa shape index (κ1) is 14.7. The number of hydrogen-bond donors (Lipinski definition) is 2. The van der Waals surface area contributed by atoms with Crippen LogP contribution in [0.15, 0.2) is 17.8 Å². The van der Waals surface area contributed by atoms with Crippen LogP contribution in [0.25, 0.3) is 0 Å². The van der Waals surface area contributed by atoms with Crippen LogP contribution in [0.2, 0.25) is 0 Å². The van der Waals surface area contributed by atoms with Gasteiger partial charge in [-0.05, 0) is 6.20 Å². The molecular weight excluding hydrogens is 191 g/mol. The topological polar surface area (TPSA) is 73.1 Å². The second-order valence-electron chi connectivity index (χ2n) is 1.69. The van der Waals surface area contributed by atoms with Gasteiger partial charge in [-0.15, -0.1) is 9.79 Å². The van der Waals surface area contributed by atoms with Crippen molar-refractivity contribution in [3.05, 3.63) is 12.8 Å². The Kier molecular flexibility index (Phi) is 12.7. The highest BCUT2D eigenvalue weighted by Gasteiger charge is 1.96. The van der Waals surface area contributed by atoms with Gasteiger partial charge in [-0.3, -0.25) is 4.99 Å². The molecule has 13 heavy (non-hydrogen) atoms. The summed E-state index contributed by atoms with van der Waals surface area (Å²) >= 11 is 0. The molecule has 0 fully saturated rings. The lowest BCUT2D eigenvalue weighted by molar-refractivity contribution is 0.405. The average molecular weight is 207 g/mol. The van der Waals surface area contributed by atoms with Gasteiger partial charge in [0.1, 0.15) is 0 Å². The van der Waals surface area contributed by atoms with E-state index in [4.69, 9.17) is 14.4 Å². The predicted molar refractivity (Wildman–Crippen MR) is 53.7 cm³/mol. The van der Waals surface area contributed by atoms with Crippen molar-refractivity contribution < 1.29 is 14.4 Å². The third-order valence-corrected chi connectivity index (χ3v) is 0.952. The van der Waals surface area contributed by atoms with E-state index in [0.29, 0.717) is 0 Å². The molecule has 0 aliphatic carbocycles. The highest BCUT2D eigenvalue weighted by molar-refractivity contribution is 7.30. The largest absolute Gasteiger partial charge is 0.692 e. The van der Waals surface area contributed by atoms with Gasteiger partial charge in [0.2, 0.25) is 0 Å². The van der Waals surface area contributed by atoms with E-state index >= 15 is 0 Å². The Labute approximate surface area is 79.4 Å². The molecule has 0 saturated heterocycles. The number of hydrogen-bond acceptors (Lipinski definition) is 3. The summed E-state index contributed by atoms with van der Waals surface area (Å²) in [5, 5.41) is 0. The van der Waals surface area contributed by atoms with Crippen LogP contribution in [-0.2, 0) is 4.57 Å². The quantitative estimate of drug-likeness (QED) is 0.632. The molecule has 6 heteroatoms. The van der Waals surface area contributed by atoms with Crippen molar-refractivity contribution >= 4 is 14.6 Å². The minimum atomic E-state index is -2.87. The molecule has 2 N–H and O–H groups in total. The first-order valence-corrected chi connectivity index (χ1v) is 5.06. The molecule has 0 atom stereocenters. The minimum absolute atomic E-state index is 0.923. The zero-order valence-corrected chi connectivity index (χ0v) is 8.81. The third-order valence-electron chi connectivity index (χ3n) is 0.952. The Morgan fingerprint density at radius 1 is 1.62 bits per heavy atom. The molecule has 0 saturated carbocycles. The fraction of sp³-hybridized carbons (Fsp3) is 0.571. The van der Waals surface area contributed by atoms with Crippen LogP contribution in [0.1, 0.15) is 13.8 Å². The summed E-state index contributed by atoms with van der Waals surface area (Å²) < 4.78 is 8.70. The Morgan fingerprint density at radius 3 is 2.23 bits per heavy atom. The normalized spacial score (nSPS) is 12.2. The fourth-order valence-corrected chi connectivity index (χ4v) is 0.532. The summed E-state index contributed by atoms with van der Waals surface area (Å²) in [7, 11) is -2.87. The van der Waals surface area contributed by atoms with Crippen LogP contribution in [0, 0.1) is 0 Å². The van der Waals surface area contributed by atoms with E-state index < -0.39 is 8.25 Å². The van der Waals surface area contributed by atoms with Crippen LogP contribution in [0.3, 0.4) is 0 Å². The van der Waals surface area contributed by atoms with Gasteiger partial charge in [-0.2, -0.15) is 0 Å². The number of aliphatic imine (C=N–C) groups is 1. The van der Waals surface area contributed by atoms with Crippen LogP contribution < -0.4 is 0 Å². The van der Waals surface area contributed by atoms with Gasteiger partial charge in [-0.1, -0.05) is 20.4 Å². The molecule has 0 spiro atoms. The zero-order chi connectivity index (χ0) is 10.7. The van der Waals surface area contributed by atoms with E-state index in [0.717, 1.165) is 13.1 Å². The SMILES string of the molecule is C=CN1C=NCC1.CC.O=[P+](O)O. The first-order valence-electron chi connectivity index (χ1n) is 3.90. The lowest BCUT2D eigenvalue weighted by Gasteiger charge is -2.02. The zero-order valence-electron chi connectivity index (χ0n) is 7.92. The van der Waals surface area contributed by atoms with E-state index in [-0.39, 0.29) is 0 Å². The van der Waals surface area contributed by atoms with E-state index in [9.17, 15) is 0 Å². The molecule has 0 aromatic rings. The molecule has 0 bridgehead atoms. The first-order chi connectivity index (χ1) is 6.16. The van der Waals surface area contributed by atoms with Crippen molar-refractivity contribution in [1.82, 2.24) is 4.90 Å². The maximum atomic E-state index is 8.70. The molecule has 1 rings (SSSR count). The standard InChI is InChI=1S/C5H8N2.C2H6.HO3P/c1-2-7-4-3-6-5-7;1-2;1-4(2)3/h2,5H,1,3-4H2;1-2H3;(H-,1,2,3)/p+1. The lowest BCUT2D eigenvalue weighted by atomic mass is 10.6. The Balaban J connectivity index is 0. The van der Waals surface area contributed by atoms with Crippen LogP contribution in [-0.4, -0.2) is 34.1 Å². The van der Waals surface area contributed by atoms with Gasteiger partial charge in [0.15, 0.2) is 0 Å². The van der Waals surface area contributed by atoms with Crippen molar-refractivity contribution in [2.45, 2.75) is 13.8 Å². The molecule has 0 aromatic heterocycles. The lowest BCUT2D eigenvalue weighted by Crippen LogP contribution is -2.09. The van der Waals surface area contributed by atoms with Crippen molar-refractivity contribution in [3.63, 3.8) is 0 Å². The van der Waals surface area contributed by atoms with E-state index in [2.05, 4.69) is 11.6 Å². The predicted octanol–water partition coefficient (Wildman–Crippen LogP) is 1.13. The number of rotatable bonds is 1. The van der Waals surface area contributed by atoms with E-state index in [1.54, 1.807) is 12.5 Å². The highest BCUT2D eigenvalue weighted by atomic mass is 31.1. The van der Waals surface area contributed by atoms with Crippen LogP contribution in [0.4, 0.5) is 0 Å². The van der Waals surface area contributed by atoms with E-state index in [1.165, 1.54) is 0 Å². The summed E-state index contributed by atoms with van der Waals surface area (Å²) in [6, 6.07) is 0. The van der Waals surface area contributed by atoms with Crippen molar-refractivity contribution in [1.29, 1.82) is 0 Å².